The molecule has 0 heterocycles. The number of carbonyl (C=O) groups is 1. The van der Waals surface area contributed by atoms with E-state index in [2.05, 4.69) is 10.7 Å². The molecule has 0 aliphatic carbocycles. The second-order valence-corrected chi connectivity index (χ2v) is 3.99. The summed E-state index contributed by atoms with van der Waals surface area (Å²) in [4.78, 5) is 10.1. The lowest BCUT2D eigenvalue weighted by atomic mass is 10.2. The van der Waals surface area contributed by atoms with E-state index in [1.807, 2.05) is 5.92 Å². The molecule has 0 atom stereocenters. The smallest absolute Gasteiger partial charge is 0.384 e. The fourth-order valence-corrected chi connectivity index (χ4v) is 1.57. The monoisotopic (exact) mass is 242 g/mol. The highest BCUT2D eigenvalue weighted by atomic mass is 32.3. The first-order chi connectivity index (χ1) is 7.45. The number of esters is 1. The van der Waals surface area contributed by atoms with Crippen LogP contribution in [-0.4, -0.2) is 21.5 Å². The molecule has 4 nitrogen and oxygen atoms in total. The molecule has 0 radical (unpaired) electrons. The van der Waals surface area contributed by atoms with Gasteiger partial charge in [0.2, 0.25) is 0 Å². The van der Waals surface area contributed by atoms with Gasteiger partial charge in [0.15, 0.2) is 0 Å². The first-order valence-corrected chi connectivity index (χ1v) is 5.47. The number of rotatable bonds is 1. The lowest BCUT2D eigenvalue weighted by Gasteiger charge is -1.97. The molecule has 0 saturated carbocycles. The lowest BCUT2D eigenvalue weighted by Crippen LogP contribution is -1.98. The Hall–Kier alpha value is -1.87. The molecular formula is C10H7FO4S. The third kappa shape index (κ3) is 3.07. The topological polar surface area (TPSA) is 60.4 Å². The third-order valence-corrected chi connectivity index (χ3v) is 2.52. The number of hydrogen-bond acceptors (Lipinski definition) is 4. The maximum atomic E-state index is 12.8. The third-order valence-electron chi connectivity index (χ3n) is 1.63. The Morgan fingerprint density at radius 2 is 2.00 bits per heavy atom. The Bertz CT molecular complexity index is 566. The highest BCUT2D eigenvalue weighted by Gasteiger charge is 2.15. The quantitative estimate of drug-likeness (QED) is 0.416. The highest BCUT2D eigenvalue weighted by Crippen LogP contribution is 2.16. The summed E-state index contributed by atoms with van der Waals surface area (Å²) in [5.41, 5.74) is -0.0876. The number of halogens is 1. The van der Waals surface area contributed by atoms with Gasteiger partial charge >= 0.3 is 16.2 Å². The van der Waals surface area contributed by atoms with E-state index in [0.29, 0.717) is 0 Å². The van der Waals surface area contributed by atoms with E-state index in [9.17, 15) is 17.1 Å². The van der Waals surface area contributed by atoms with Crippen LogP contribution in [0, 0.1) is 11.8 Å². The van der Waals surface area contributed by atoms with Crippen LogP contribution in [0.5, 0.6) is 0 Å². The van der Waals surface area contributed by atoms with Crippen LogP contribution < -0.4 is 0 Å². The van der Waals surface area contributed by atoms with Crippen molar-refractivity contribution in [2.45, 2.75) is 4.90 Å². The highest BCUT2D eigenvalue weighted by molar-refractivity contribution is 7.86. The van der Waals surface area contributed by atoms with Crippen LogP contribution in [0.2, 0.25) is 0 Å². The molecule has 0 saturated heterocycles. The fourth-order valence-electron chi connectivity index (χ4n) is 0.952. The zero-order chi connectivity index (χ0) is 12.2. The van der Waals surface area contributed by atoms with Gasteiger partial charge < -0.3 is 4.74 Å². The summed E-state index contributed by atoms with van der Waals surface area (Å²) < 4.78 is 38.5. The number of ether oxygens (including phenoxy) is 1. The van der Waals surface area contributed by atoms with Gasteiger partial charge in [-0.2, -0.15) is 8.42 Å². The fraction of sp³-hybridized carbons (Fsp3) is 0.100. The summed E-state index contributed by atoms with van der Waals surface area (Å²) >= 11 is 0. The average Bonchev–Trinajstić information content (AvgIpc) is 2.25. The van der Waals surface area contributed by atoms with Crippen molar-refractivity contribution in [1.29, 1.82) is 0 Å². The maximum Gasteiger partial charge on any atom is 0.384 e. The first kappa shape index (κ1) is 12.2. The average molecular weight is 242 g/mol. The maximum absolute atomic E-state index is 12.8. The Labute approximate surface area is 92.3 Å². The second-order valence-electron chi connectivity index (χ2n) is 2.68. The van der Waals surface area contributed by atoms with E-state index < -0.39 is 21.1 Å². The van der Waals surface area contributed by atoms with Gasteiger partial charge in [-0.15, -0.1) is 3.89 Å². The van der Waals surface area contributed by atoms with Gasteiger partial charge in [-0.1, -0.05) is 18.1 Å². The van der Waals surface area contributed by atoms with Crippen LogP contribution in [0.3, 0.4) is 0 Å². The summed E-state index contributed by atoms with van der Waals surface area (Å²) in [6.45, 7) is 0. The molecule has 0 aliphatic rings. The first-order valence-electron chi connectivity index (χ1n) is 4.09. The lowest BCUT2D eigenvalue weighted by molar-refractivity contribution is -0.133. The zero-order valence-corrected chi connectivity index (χ0v) is 9.05. The van der Waals surface area contributed by atoms with Gasteiger partial charge in [0.05, 0.1) is 7.11 Å². The van der Waals surface area contributed by atoms with E-state index in [1.165, 1.54) is 18.2 Å². The van der Waals surface area contributed by atoms with Crippen molar-refractivity contribution in [2.24, 2.45) is 0 Å². The van der Waals surface area contributed by atoms with Gasteiger partial charge in [-0.05, 0) is 12.1 Å². The molecule has 0 aromatic heterocycles. The van der Waals surface area contributed by atoms with Gasteiger partial charge in [-0.3, -0.25) is 0 Å². The minimum atomic E-state index is -4.84. The van der Waals surface area contributed by atoms with Crippen molar-refractivity contribution in [3.05, 3.63) is 29.8 Å². The standard InChI is InChI=1S/C10H7FO4S/c1-15-10(12)7-6-8-4-2-3-5-9(8)16(11,13)14/h2-5H,1H3. The SMILES string of the molecule is COC(=O)C#Cc1ccccc1S(=O)(=O)F. The van der Waals surface area contributed by atoms with E-state index in [-0.39, 0.29) is 5.56 Å². The molecule has 0 bridgehead atoms. The van der Waals surface area contributed by atoms with Crippen molar-refractivity contribution in [3.63, 3.8) is 0 Å². The van der Waals surface area contributed by atoms with Gasteiger partial charge in [0.1, 0.15) is 4.90 Å². The van der Waals surface area contributed by atoms with E-state index in [4.69, 9.17) is 0 Å². The summed E-state index contributed by atoms with van der Waals surface area (Å²) in [5.74, 6) is 3.42. The molecule has 0 N–H and O–H groups in total. The van der Waals surface area contributed by atoms with Crippen LogP contribution in [0.4, 0.5) is 3.89 Å². The van der Waals surface area contributed by atoms with E-state index in [1.54, 1.807) is 0 Å². The Morgan fingerprint density at radius 1 is 1.38 bits per heavy atom. The van der Waals surface area contributed by atoms with Crippen LogP contribution >= 0.6 is 0 Å². The normalized spacial score (nSPS) is 10.1. The van der Waals surface area contributed by atoms with Gasteiger partial charge in [0.25, 0.3) is 0 Å². The van der Waals surface area contributed by atoms with Crippen molar-refractivity contribution in [2.75, 3.05) is 7.11 Å². The predicted octanol–water partition coefficient (Wildman–Crippen LogP) is 0.869. The molecule has 1 aromatic rings. The molecule has 84 valence electrons. The molecule has 1 rings (SSSR count). The summed E-state index contributed by atoms with van der Waals surface area (Å²) in [6, 6.07) is 5.20. The van der Waals surface area contributed by atoms with Crippen LogP contribution in [0.25, 0.3) is 0 Å². The number of carbonyl (C=O) groups excluding carboxylic acids is 1. The van der Waals surface area contributed by atoms with E-state index >= 15 is 0 Å². The molecule has 0 spiro atoms. The second kappa shape index (κ2) is 4.77. The summed E-state index contributed by atoms with van der Waals surface area (Å²) in [6.07, 6.45) is 0. The van der Waals surface area contributed by atoms with Crippen molar-refractivity contribution < 1.29 is 21.8 Å². The summed E-state index contributed by atoms with van der Waals surface area (Å²) in [5, 5.41) is 0. The summed E-state index contributed by atoms with van der Waals surface area (Å²) in [7, 11) is -3.71. The largest absolute Gasteiger partial charge is 0.459 e. The molecular weight excluding hydrogens is 235 g/mol. The van der Waals surface area contributed by atoms with Crippen LogP contribution in [0.1, 0.15) is 5.56 Å². The van der Waals surface area contributed by atoms with Crippen molar-refractivity contribution in [3.8, 4) is 11.8 Å². The van der Waals surface area contributed by atoms with Crippen molar-refractivity contribution in [1.82, 2.24) is 0 Å². The van der Waals surface area contributed by atoms with Crippen molar-refractivity contribution >= 4 is 16.2 Å². The zero-order valence-electron chi connectivity index (χ0n) is 8.23. The Kier molecular flexibility index (Phi) is 3.64. The molecule has 0 unspecified atom stereocenters. The van der Waals surface area contributed by atoms with E-state index in [0.717, 1.165) is 13.2 Å². The Morgan fingerprint density at radius 3 is 2.56 bits per heavy atom. The number of benzene rings is 1. The molecule has 0 amide bonds. The van der Waals surface area contributed by atoms with Gasteiger partial charge in [0, 0.05) is 11.5 Å². The molecule has 6 heteroatoms. The number of methoxy groups -OCH3 is 1. The minimum absolute atomic E-state index is 0.0876. The molecule has 0 aliphatic heterocycles. The van der Waals surface area contributed by atoms with Gasteiger partial charge in [-0.25, -0.2) is 4.79 Å². The van der Waals surface area contributed by atoms with Crippen LogP contribution in [-0.2, 0) is 19.8 Å². The predicted molar refractivity (Wildman–Crippen MR) is 53.6 cm³/mol. The molecule has 16 heavy (non-hydrogen) atoms. The minimum Gasteiger partial charge on any atom is -0.459 e. The molecule has 1 aromatic carbocycles. The Balaban J connectivity index is 3.24. The van der Waals surface area contributed by atoms with Crippen LogP contribution in [0.15, 0.2) is 29.2 Å². The number of hydrogen-bond donors (Lipinski definition) is 0. The molecule has 0 fully saturated rings.